The van der Waals surface area contributed by atoms with Gasteiger partial charge in [-0.3, -0.25) is 4.40 Å². The van der Waals surface area contributed by atoms with Gasteiger partial charge in [0.1, 0.15) is 11.5 Å². The van der Waals surface area contributed by atoms with E-state index in [2.05, 4.69) is 4.98 Å². The molecule has 0 saturated heterocycles. The molecule has 0 bridgehead atoms. The Hall–Kier alpha value is -2.00. The summed E-state index contributed by atoms with van der Waals surface area (Å²) in [6.07, 6.45) is 1.86. The molecule has 0 atom stereocenters. The van der Waals surface area contributed by atoms with E-state index in [1.54, 1.807) is 10.5 Å². The Morgan fingerprint density at radius 3 is 2.53 bits per heavy atom. The van der Waals surface area contributed by atoms with Crippen LogP contribution >= 0.6 is 11.6 Å². The second-order valence-corrected chi connectivity index (χ2v) is 4.17. The molecule has 0 radical (unpaired) electrons. The highest BCUT2D eigenvalue weighted by Crippen LogP contribution is 2.28. The number of halogens is 1. The molecule has 2 N–H and O–H groups in total. The van der Waals surface area contributed by atoms with Crippen molar-refractivity contribution in [2.45, 2.75) is 0 Å². The zero-order valence-electron chi connectivity index (χ0n) is 8.97. The van der Waals surface area contributed by atoms with Crippen molar-refractivity contribution in [1.82, 2.24) is 9.38 Å². The first kappa shape index (κ1) is 10.2. The molecular weight excluding hydrogens is 234 g/mol. The van der Waals surface area contributed by atoms with E-state index >= 15 is 0 Å². The third kappa shape index (κ3) is 1.56. The Labute approximate surface area is 103 Å². The lowest BCUT2D eigenvalue weighted by Gasteiger charge is -1.98. The van der Waals surface area contributed by atoms with Crippen molar-refractivity contribution >= 4 is 23.1 Å². The maximum absolute atomic E-state index is 6.09. The number of imidazole rings is 1. The van der Waals surface area contributed by atoms with E-state index in [1.807, 2.05) is 42.6 Å². The van der Waals surface area contributed by atoms with E-state index in [4.69, 9.17) is 17.3 Å². The number of aromatic nitrogens is 2. The minimum Gasteiger partial charge on any atom is -0.383 e. The van der Waals surface area contributed by atoms with Crippen molar-refractivity contribution in [2.24, 2.45) is 0 Å². The topological polar surface area (TPSA) is 43.3 Å². The Morgan fingerprint density at radius 1 is 1.06 bits per heavy atom. The van der Waals surface area contributed by atoms with Crippen LogP contribution in [0.25, 0.3) is 16.9 Å². The van der Waals surface area contributed by atoms with E-state index in [9.17, 15) is 0 Å². The van der Waals surface area contributed by atoms with Crippen molar-refractivity contribution < 1.29 is 0 Å². The molecule has 1 aromatic carbocycles. The summed E-state index contributed by atoms with van der Waals surface area (Å²) in [5.41, 5.74) is 8.52. The van der Waals surface area contributed by atoms with Crippen LogP contribution in [0.1, 0.15) is 0 Å². The monoisotopic (exact) mass is 243 g/mol. The van der Waals surface area contributed by atoms with Gasteiger partial charge in [-0.25, -0.2) is 4.98 Å². The molecule has 3 aromatic rings. The van der Waals surface area contributed by atoms with E-state index in [0.29, 0.717) is 16.5 Å². The third-order valence-electron chi connectivity index (χ3n) is 2.69. The minimum absolute atomic E-state index is 0.599. The number of benzene rings is 1. The zero-order chi connectivity index (χ0) is 11.8. The van der Waals surface area contributed by atoms with Gasteiger partial charge < -0.3 is 5.73 Å². The largest absolute Gasteiger partial charge is 0.383 e. The highest BCUT2D eigenvalue weighted by molar-refractivity contribution is 6.33. The van der Waals surface area contributed by atoms with Gasteiger partial charge in [-0.1, -0.05) is 41.9 Å². The molecule has 0 saturated carbocycles. The summed E-state index contributed by atoms with van der Waals surface area (Å²) < 4.78 is 1.80. The fourth-order valence-corrected chi connectivity index (χ4v) is 2.07. The number of nitrogens with two attached hydrogens (primary N) is 1. The summed E-state index contributed by atoms with van der Waals surface area (Å²) in [5.74, 6) is 0.605. The first-order chi connectivity index (χ1) is 8.27. The smallest absolute Gasteiger partial charge is 0.157 e. The fraction of sp³-hybridized carbons (Fsp3) is 0. The number of nitrogens with zero attached hydrogens (tertiary/aromatic N) is 2. The molecule has 84 valence electrons. The molecule has 0 unspecified atom stereocenters. The lowest BCUT2D eigenvalue weighted by atomic mass is 10.1. The van der Waals surface area contributed by atoms with Gasteiger partial charge in [-0.2, -0.15) is 0 Å². The molecule has 0 aliphatic heterocycles. The lowest BCUT2D eigenvalue weighted by molar-refractivity contribution is 1.20. The number of pyridine rings is 1. The van der Waals surface area contributed by atoms with E-state index in [0.717, 1.165) is 11.3 Å². The van der Waals surface area contributed by atoms with Gasteiger partial charge in [0.05, 0.1) is 5.02 Å². The Kier molecular flexibility index (Phi) is 2.27. The van der Waals surface area contributed by atoms with Crippen molar-refractivity contribution in [1.29, 1.82) is 0 Å². The van der Waals surface area contributed by atoms with Gasteiger partial charge in [0, 0.05) is 11.8 Å². The van der Waals surface area contributed by atoms with Crippen molar-refractivity contribution in [3.63, 3.8) is 0 Å². The Morgan fingerprint density at radius 2 is 1.82 bits per heavy atom. The SMILES string of the molecule is Nc1c(-c2ccccc2)nc2c(Cl)cccn12. The fourth-order valence-electron chi connectivity index (χ4n) is 1.86. The van der Waals surface area contributed by atoms with Crippen LogP contribution in [0.15, 0.2) is 48.7 Å². The Bertz CT molecular complexity index is 674. The normalized spacial score (nSPS) is 10.9. The van der Waals surface area contributed by atoms with Crippen molar-refractivity contribution in [3.05, 3.63) is 53.7 Å². The molecule has 0 aliphatic carbocycles. The van der Waals surface area contributed by atoms with Gasteiger partial charge in [0.2, 0.25) is 0 Å². The average molecular weight is 244 g/mol. The van der Waals surface area contributed by atoms with Crippen LogP contribution in [-0.4, -0.2) is 9.38 Å². The number of hydrogen-bond acceptors (Lipinski definition) is 2. The quantitative estimate of drug-likeness (QED) is 0.713. The van der Waals surface area contributed by atoms with Crippen LogP contribution in [0.3, 0.4) is 0 Å². The standard InChI is InChI=1S/C13H10ClN3/c14-10-7-4-8-17-12(15)11(16-13(10)17)9-5-2-1-3-6-9/h1-8H,15H2. The molecule has 3 rings (SSSR count). The van der Waals surface area contributed by atoms with Crippen LogP contribution in [0.5, 0.6) is 0 Å². The molecule has 0 aliphatic rings. The summed E-state index contributed by atoms with van der Waals surface area (Å²) in [6.45, 7) is 0. The summed E-state index contributed by atoms with van der Waals surface area (Å²) in [6, 6.07) is 13.5. The van der Waals surface area contributed by atoms with E-state index in [1.165, 1.54) is 0 Å². The molecular formula is C13H10ClN3. The van der Waals surface area contributed by atoms with Crippen LogP contribution in [0.4, 0.5) is 5.82 Å². The molecule has 3 nitrogen and oxygen atoms in total. The zero-order valence-corrected chi connectivity index (χ0v) is 9.72. The number of hydrogen-bond donors (Lipinski definition) is 1. The molecule has 0 spiro atoms. The number of rotatable bonds is 1. The molecule has 17 heavy (non-hydrogen) atoms. The molecule has 0 amide bonds. The highest BCUT2D eigenvalue weighted by atomic mass is 35.5. The van der Waals surface area contributed by atoms with Crippen LogP contribution in [0.2, 0.25) is 5.02 Å². The first-order valence-corrected chi connectivity index (χ1v) is 5.62. The van der Waals surface area contributed by atoms with Crippen molar-refractivity contribution in [2.75, 3.05) is 5.73 Å². The predicted octanol–water partition coefficient (Wildman–Crippen LogP) is 3.24. The first-order valence-electron chi connectivity index (χ1n) is 5.25. The van der Waals surface area contributed by atoms with Gasteiger partial charge in [-0.15, -0.1) is 0 Å². The molecule has 0 fully saturated rings. The highest BCUT2D eigenvalue weighted by Gasteiger charge is 2.12. The molecule has 2 aromatic heterocycles. The Balaban J connectivity index is 2.32. The third-order valence-corrected chi connectivity index (χ3v) is 2.98. The number of anilines is 1. The van der Waals surface area contributed by atoms with E-state index in [-0.39, 0.29) is 0 Å². The van der Waals surface area contributed by atoms with Crippen LogP contribution < -0.4 is 5.73 Å². The minimum atomic E-state index is 0.599. The number of nitrogen functional groups attached to an aromatic ring is 1. The maximum Gasteiger partial charge on any atom is 0.157 e. The van der Waals surface area contributed by atoms with Crippen LogP contribution in [0, 0.1) is 0 Å². The van der Waals surface area contributed by atoms with Gasteiger partial charge in [0.15, 0.2) is 5.65 Å². The van der Waals surface area contributed by atoms with Gasteiger partial charge in [0.25, 0.3) is 0 Å². The summed E-state index contributed by atoms with van der Waals surface area (Å²) in [5, 5.41) is 0.599. The molecule has 4 heteroatoms. The second kappa shape index (κ2) is 3.79. The summed E-state index contributed by atoms with van der Waals surface area (Å²) in [7, 11) is 0. The predicted molar refractivity (Wildman–Crippen MR) is 70.1 cm³/mol. The maximum atomic E-state index is 6.09. The van der Waals surface area contributed by atoms with Crippen molar-refractivity contribution in [3.8, 4) is 11.3 Å². The molecule has 2 heterocycles. The van der Waals surface area contributed by atoms with Gasteiger partial charge >= 0.3 is 0 Å². The summed E-state index contributed by atoms with van der Waals surface area (Å²) >= 11 is 6.09. The average Bonchev–Trinajstić information content (AvgIpc) is 2.70. The van der Waals surface area contributed by atoms with E-state index < -0.39 is 0 Å². The van der Waals surface area contributed by atoms with Crippen LogP contribution in [-0.2, 0) is 0 Å². The lowest BCUT2D eigenvalue weighted by Crippen LogP contribution is -1.93. The number of fused-ring (bicyclic) bond motifs is 1. The summed E-state index contributed by atoms with van der Waals surface area (Å²) in [4.78, 5) is 4.49. The second-order valence-electron chi connectivity index (χ2n) is 3.76. The van der Waals surface area contributed by atoms with Gasteiger partial charge in [-0.05, 0) is 12.1 Å².